The molecule has 0 aliphatic carbocycles. The fraction of sp³-hybridized carbons (Fsp3) is 0. The van der Waals surface area contributed by atoms with E-state index in [0.29, 0.717) is 0 Å². The van der Waals surface area contributed by atoms with E-state index in [9.17, 15) is 0 Å². The van der Waals surface area contributed by atoms with E-state index in [1.165, 1.54) is 60.4 Å². The number of nitrogens with zero attached hydrogens (tertiary/aromatic N) is 2. The van der Waals surface area contributed by atoms with E-state index < -0.39 is 0 Å². The van der Waals surface area contributed by atoms with Crippen molar-refractivity contribution in [1.29, 1.82) is 0 Å². The van der Waals surface area contributed by atoms with Crippen LogP contribution in [0.3, 0.4) is 0 Å². The average Bonchev–Trinajstić information content (AvgIpc) is 3.95. The van der Waals surface area contributed by atoms with Crippen LogP contribution < -0.4 is 4.90 Å². The van der Waals surface area contributed by atoms with E-state index in [-0.39, 0.29) is 0 Å². The van der Waals surface area contributed by atoms with Gasteiger partial charge < -0.3 is 13.9 Å². The highest BCUT2D eigenvalue weighted by Crippen LogP contribution is 2.44. The van der Waals surface area contributed by atoms with Crippen LogP contribution in [-0.4, -0.2) is 4.57 Å². The summed E-state index contributed by atoms with van der Waals surface area (Å²) in [6.07, 6.45) is 0. The van der Waals surface area contributed by atoms with Crippen LogP contribution in [0.25, 0.3) is 105 Å². The molecule has 0 amide bonds. The SMILES string of the molecule is c1cc(-c2ccc(N(c3ccc(-c4ccc5c(c4)oc4ccccc45)cc3)c3ccccc3-c3cccc4ccccc34)cc2)cc(-c2ccc(-n3c4ccccc4c4ccccc43)cc2)c1. The lowest BCUT2D eigenvalue weighted by molar-refractivity contribution is 0.669. The molecule has 3 nitrogen and oxygen atoms in total. The molecule has 0 fully saturated rings. The van der Waals surface area contributed by atoms with Crippen LogP contribution >= 0.6 is 0 Å². The molecule has 0 unspecified atom stereocenters. The van der Waals surface area contributed by atoms with E-state index in [1.54, 1.807) is 0 Å². The molecule has 0 saturated carbocycles. The number of para-hydroxylation sites is 4. The van der Waals surface area contributed by atoms with Gasteiger partial charge in [0.2, 0.25) is 0 Å². The van der Waals surface area contributed by atoms with Gasteiger partial charge in [-0.3, -0.25) is 0 Å². The van der Waals surface area contributed by atoms with Crippen LogP contribution in [-0.2, 0) is 0 Å². The summed E-state index contributed by atoms with van der Waals surface area (Å²) in [6, 6.07) is 91.9. The fourth-order valence-electron chi connectivity index (χ4n) is 10.2. The minimum absolute atomic E-state index is 0.896. The highest BCUT2D eigenvalue weighted by atomic mass is 16.3. The predicted molar refractivity (Wildman–Crippen MR) is 282 cm³/mol. The van der Waals surface area contributed by atoms with E-state index in [4.69, 9.17) is 4.42 Å². The Labute approximate surface area is 388 Å². The lowest BCUT2D eigenvalue weighted by atomic mass is 9.95. The first kappa shape index (κ1) is 38.5. The number of rotatable bonds is 8. The first-order valence-corrected chi connectivity index (χ1v) is 22.9. The van der Waals surface area contributed by atoms with Gasteiger partial charge in [-0.2, -0.15) is 0 Å². The number of aromatic nitrogens is 1. The molecule has 0 radical (unpaired) electrons. The summed E-state index contributed by atoms with van der Waals surface area (Å²) in [5.41, 5.74) is 17.9. The van der Waals surface area contributed by atoms with E-state index in [2.05, 4.69) is 252 Å². The molecule has 0 aliphatic heterocycles. The number of hydrogen-bond acceptors (Lipinski definition) is 2. The summed E-state index contributed by atoms with van der Waals surface area (Å²) in [7, 11) is 0. The number of fused-ring (bicyclic) bond motifs is 7. The van der Waals surface area contributed by atoms with Gasteiger partial charge in [-0.1, -0.05) is 176 Å². The van der Waals surface area contributed by atoms with Crippen molar-refractivity contribution in [3.63, 3.8) is 0 Å². The van der Waals surface area contributed by atoms with Crippen molar-refractivity contribution < 1.29 is 4.42 Å². The zero-order valence-electron chi connectivity index (χ0n) is 36.6. The van der Waals surface area contributed by atoms with Crippen molar-refractivity contribution in [2.45, 2.75) is 0 Å². The number of anilines is 3. The zero-order valence-corrected chi connectivity index (χ0v) is 36.6. The molecule has 0 saturated heterocycles. The Kier molecular flexibility index (Phi) is 9.17. The largest absolute Gasteiger partial charge is 0.456 e. The molecule has 0 spiro atoms. The molecule has 0 N–H and O–H groups in total. The zero-order chi connectivity index (χ0) is 44.3. The maximum Gasteiger partial charge on any atom is 0.136 e. The van der Waals surface area contributed by atoms with Crippen molar-refractivity contribution in [2.75, 3.05) is 4.90 Å². The van der Waals surface area contributed by atoms with Crippen LogP contribution in [0.15, 0.2) is 259 Å². The molecule has 13 rings (SSSR count). The standard InChI is InChI=1S/C64H42N2O/c1-2-17-53-46(13-1)14-12-22-54(53)55-18-3-7-23-60(55)65(51-36-29-45(30-37-51)49-33-40-59-58-21-6-10-26-63(58)67-64(59)42-49)50-34-27-43(28-35-50)47-15-11-16-48(41-47)44-31-38-52(39-32-44)66-61-24-8-4-19-56(61)57-20-5-9-25-62(57)66/h1-42H. The lowest BCUT2D eigenvalue weighted by Crippen LogP contribution is -2.11. The monoisotopic (exact) mass is 854 g/mol. The highest BCUT2D eigenvalue weighted by Gasteiger charge is 2.19. The second kappa shape index (κ2) is 16.0. The van der Waals surface area contributed by atoms with Crippen LogP contribution in [0.2, 0.25) is 0 Å². The molecule has 0 bridgehead atoms. The summed E-state index contributed by atoms with van der Waals surface area (Å²) in [6.45, 7) is 0. The minimum Gasteiger partial charge on any atom is -0.456 e. The Hall–Kier alpha value is -8.92. The van der Waals surface area contributed by atoms with Crippen molar-refractivity contribution >= 4 is 71.6 Å². The Balaban J connectivity index is 0.861. The smallest absolute Gasteiger partial charge is 0.136 e. The summed E-state index contributed by atoms with van der Waals surface area (Å²) < 4.78 is 8.65. The van der Waals surface area contributed by atoms with Gasteiger partial charge in [-0.25, -0.2) is 0 Å². The first-order valence-electron chi connectivity index (χ1n) is 22.9. The van der Waals surface area contributed by atoms with Gasteiger partial charge >= 0.3 is 0 Å². The van der Waals surface area contributed by atoms with Gasteiger partial charge in [0.05, 0.1) is 16.7 Å². The third-order valence-electron chi connectivity index (χ3n) is 13.4. The molecule has 0 atom stereocenters. The second-order valence-corrected chi connectivity index (χ2v) is 17.3. The Morgan fingerprint density at radius 3 is 1.46 bits per heavy atom. The topological polar surface area (TPSA) is 21.3 Å². The van der Waals surface area contributed by atoms with Gasteiger partial charge in [0, 0.05) is 44.2 Å². The predicted octanol–water partition coefficient (Wildman–Crippen LogP) is 18.0. The quantitative estimate of drug-likeness (QED) is 0.152. The van der Waals surface area contributed by atoms with Crippen molar-refractivity contribution in [2.24, 2.45) is 0 Å². The number of furan rings is 1. The molecular formula is C64H42N2O. The van der Waals surface area contributed by atoms with Crippen LogP contribution in [0.5, 0.6) is 0 Å². The summed E-state index contributed by atoms with van der Waals surface area (Å²) in [4.78, 5) is 2.39. The van der Waals surface area contributed by atoms with Gasteiger partial charge in [0.1, 0.15) is 11.2 Å². The Morgan fingerprint density at radius 1 is 0.299 bits per heavy atom. The van der Waals surface area contributed by atoms with E-state index in [0.717, 1.165) is 61.4 Å². The second-order valence-electron chi connectivity index (χ2n) is 17.3. The molecule has 314 valence electrons. The van der Waals surface area contributed by atoms with Crippen LogP contribution in [0.4, 0.5) is 17.1 Å². The molecule has 2 aromatic heterocycles. The normalized spacial score (nSPS) is 11.6. The number of hydrogen-bond donors (Lipinski definition) is 0. The average molecular weight is 855 g/mol. The van der Waals surface area contributed by atoms with Crippen LogP contribution in [0.1, 0.15) is 0 Å². The highest BCUT2D eigenvalue weighted by molar-refractivity contribution is 6.09. The maximum absolute atomic E-state index is 6.28. The van der Waals surface area contributed by atoms with Crippen molar-refractivity contribution in [1.82, 2.24) is 4.57 Å². The summed E-state index contributed by atoms with van der Waals surface area (Å²) >= 11 is 0. The van der Waals surface area contributed by atoms with Gasteiger partial charge in [-0.15, -0.1) is 0 Å². The van der Waals surface area contributed by atoms with E-state index >= 15 is 0 Å². The molecule has 13 aromatic rings. The fourth-order valence-corrected chi connectivity index (χ4v) is 10.2. The molecule has 67 heavy (non-hydrogen) atoms. The van der Waals surface area contributed by atoms with Crippen LogP contribution in [0, 0.1) is 0 Å². The molecule has 3 heteroatoms. The Bertz CT molecular complexity index is 3910. The molecule has 0 aliphatic rings. The van der Waals surface area contributed by atoms with Gasteiger partial charge in [-0.05, 0) is 129 Å². The molecule has 2 heterocycles. The minimum atomic E-state index is 0.896. The third kappa shape index (κ3) is 6.67. The third-order valence-corrected chi connectivity index (χ3v) is 13.4. The van der Waals surface area contributed by atoms with Gasteiger partial charge in [0.25, 0.3) is 0 Å². The molecular weight excluding hydrogens is 813 g/mol. The summed E-state index contributed by atoms with van der Waals surface area (Å²) in [5, 5.41) is 7.25. The summed E-state index contributed by atoms with van der Waals surface area (Å²) in [5.74, 6) is 0. The van der Waals surface area contributed by atoms with E-state index in [1.807, 2.05) is 12.1 Å². The van der Waals surface area contributed by atoms with Crippen molar-refractivity contribution in [3.05, 3.63) is 255 Å². The van der Waals surface area contributed by atoms with Gasteiger partial charge in [0.15, 0.2) is 0 Å². The number of benzene rings is 11. The van der Waals surface area contributed by atoms with Crippen molar-refractivity contribution in [3.8, 4) is 50.2 Å². The first-order chi connectivity index (χ1) is 33.2. The lowest BCUT2D eigenvalue weighted by Gasteiger charge is -2.28. The molecule has 11 aromatic carbocycles. The Morgan fingerprint density at radius 2 is 0.776 bits per heavy atom. The maximum atomic E-state index is 6.28.